The maximum Gasteiger partial charge on any atom is 0.213 e. The monoisotopic (exact) mass is 467 g/mol. The van der Waals surface area contributed by atoms with Crippen molar-refractivity contribution in [1.82, 2.24) is 20.4 Å². The summed E-state index contributed by atoms with van der Waals surface area (Å²) < 4.78 is 21.0. The van der Waals surface area contributed by atoms with E-state index in [4.69, 9.17) is 10.5 Å². The Morgan fingerprint density at radius 1 is 1.15 bits per heavy atom. The summed E-state index contributed by atoms with van der Waals surface area (Å²) in [7, 11) is 0. The lowest BCUT2D eigenvalue weighted by Crippen LogP contribution is -2.51. The number of hydrogen-bond donors (Lipinski definition) is 4. The molecule has 9 heteroatoms. The number of nitrogens with zero attached hydrogens (tertiary/aromatic N) is 3. The first kappa shape index (κ1) is 23.0. The SMILES string of the molecule is Cc1cc(NC2=CC=NC(N)(c3cc(C)c(C4CCN(C5CCOCC5)CC4)cc3F)N2)n[nH]1. The minimum absolute atomic E-state index is 0.329. The van der Waals surface area contributed by atoms with E-state index in [-0.39, 0.29) is 5.82 Å². The van der Waals surface area contributed by atoms with E-state index in [1.165, 1.54) is 0 Å². The van der Waals surface area contributed by atoms with Crippen molar-refractivity contribution in [3.8, 4) is 0 Å². The van der Waals surface area contributed by atoms with Crippen molar-refractivity contribution in [1.29, 1.82) is 0 Å². The van der Waals surface area contributed by atoms with Crippen LogP contribution < -0.4 is 16.4 Å². The van der Waals surface area contributed by atoms with Gasteiger partial charge in [-0.15, -0.1) is 0 Å². The third kappa shape index (κ3) is 4.73. The van der Waals surface area contributed by atoms with E-state index in [0.717, 1.165) is 68.8 Å². The van der Waals surface area contributed by atoms with E-state index in [9.17, 15) is 0 Å². The summed E-state index contributed by atoms with van der Waals surface area (Å²) in [5.74, 6) is -0.131. The first-order valence-electron chi connectivity index (χ1n) is 12.2. The molecule has 2 fully saturated rings. The number of ether oxygens (including phenoxy) is 1. The highest BCUT2D eigenvalue weighted by Crippen LogP contribution is 2.35. The highest BCUT2D eigenvalue weighted by Gasteiger charge is 2.34. The lowest BCUT2D eigenvalue weighted by Gasteiger charge is -2.39. The Hall–Kier alpha value is -2.75. The molecule has 5 rings (SSSR count). The topological polar surface area (TPSA) is 104 Å². The van der Waals surface area contributed by atoms with Gasteiger partial charge in [-0.2, -0.15) is 5.10 Å². The fourth-order valence-corrected chi connectivity index (χ4v) is 5.39. The molecule has 2 saturated heterocycles. The van der Waals surface area contributed by atoms with Gasteiger partial charge in [-0.05, 0) is 87.9 Å². The third-order valence-electron chi connectivity index (χ3n) is 7.26. The first-order valence-corrected chi connectivity index (χ1v) is 12.2. The number of anilines is 1. The molecular formula is C25H34FN7O. The number of aryl methyl sites for hydroxylation is 2. The molecule has 0 aliphatic carbocycles. The minimum atomic E-state index is -1.40. The second-order valence-corrected chi connectivity index (χ2v) is 9.65. The highest BCUT2D eigenvalue weighted by atomic mass is 19.1. The molecule has 1 atom stereocenters. The van der Waals surface area contributed by atoms with Crippen molar-refractivity contribution in [3.63, 3.8) is 0 Å². The van der Waals surface area contributed by atoms with Crippen LogP contribution in [0, 0.1) is 19.7 Å². The number of hydrogen-bond acceptors (Lipinski definition) is 7. The molecule has 1 aromatic heterocycles. The van der Waals surface area contributed by atoms with Crippen molar-refractivity contribution in [3.05, 3.63) is 58.3 Å². The van der Waals surface area contributed by atoms with Crippen LogP contribution in [0.25, 0.3) is 0 Å². The van der Waals surface area contributed by atoms with Gasteiger partial charge in [-0.3, -0.25) is 10.8 Å². The van der Waals surface area contributed by atoms with Gasteiger partial charge in [0.05, 0.1) is 5.56 Å². The van der Waals surface area contributed by atoms with Gasteiger partial charge in [0.1, 0.15) is 11.6 Å². The van der Waals surface area contributed by atoms with Crippen LogP contribution in [-0.4, -0.2) is 53.7 Å². The zero-order valence-corrected chi connectivity index (χ0v) is 19.9. The minimum Gasteiger partial charge on any atom is -0.381 e. The van der Waals surface area contributed by atoms with E-state index < -0.39 is 5.79 Å². The van der Waals surface area contributed by atoms with E-state index in [0.29, 0.717) is 29.2 Å². The van der Waals surface area contributed by atoms with Crippen molar-refractivity contribution < 1.29 is 9.13 Å². The van der Waals surface area contributed by atoms with Gasteiger partial charge in [0.2, 0.25) is 5.79 Å². The first-order chi connectivity index (χ1) is 16.4. The lowest BCUT2D eigenvalue weighted by atomic mass is 9.84. The molecule has 0 spiro atoms. The Balaban J connectivity index is 1.28. The molecule has 1 aromatic carbocycles. The number of piperidine rings is 1. The number of benzene rings is 1. The van der Waals surface area contributed by atoms with Gasteiger partial charge in [-0.1, -0.05) is 0 Å². The van der Waals surface area contributed by atoms with Gasteiger partial charge < -0.3 is 20.3 Å². The second kappa shape index (κ2) is 9.48. The van der Waals surface area contributed by atoms with Crippen molar-refractivity contribution in [2.24, 2.45) is 10.7 Å². The van der Waals surface area contributed by atoms with E-state index in [2.05, 4.69) is 30.7 Å². The van der Waals surface area contributed by atoms with Crippen LogP contribution >= 0.6 is 0 Å². The van der Waals surface area contributed by atoms with Gasteiger partial charge >= 0.3 is 0 Å². The van der Waals surface area contributed by atoms with Crippen LogP contribution in [0.2, 0.25) is 0 Å². The summed E-state index contributed by atoms with van der Waals surface area (Å²) in [5, 5.41) is 13.3. The predicted molar refractivity (Wildman–Crippen MR) is 131 cm³/mol. The molecule has 0 radical (unpaired) electrons. The zero-order valence-electron chi connectivity index (χ0n) is 19.9. The zero-order chi connectivity index (χ0) is 23.7. The number of aliphatic imine (C=N–C) groups is 1. The van der Waals surface area contributed by atoms with E-state index in [1.807, 2.05) is 26.0 Å². The largest absolute Gasteiger partial charge is 0.381 e. The van der Waals surface area contributed by atoms with Crippen LogP contribution in [0.1, 0.15) is 54.0 Å². The Morgan fingerprint density at radius 2 is 1.91 bits per heavy atom. The van der Waals surface area contributed by atoms with Gasteiger partial charge in [0, 0.05) is 37.2 Å². The van der Waals surface area contributed by atoms with Crippen LogP contribution in [0.4, 0.5) is 10.2 Å². The molecule has 8 nitrogen and oxygen atoms in total. The van der Waals surface area contributed by atoms with Crippen LogP contribution in [0.5, 0.6) is 0 Å². The van der Waals surface area contributed by atoms with E-state index >= 15 is 4.39 Å². The number of allylic oxidation sites excluding steroid dienone is 1. The summed E-state index contributed by atoms with van der Waals surface area (Å²) in [5.41, 5.74) is 9.95. The average molecular weight is 468 g/mol. The molecule has 0 bridgehead atoms. The van der Waals surface area contributed by atoms with Crippen molar-refractivity contribution in [2.45, 2.75) is 57.3 Å². The third-order valence-corrected chi connectivity index (χ3v) is 7.26. The molecule has 2 aromatic rings. The Morgan fingerprint density at radius 3 is 2.62 bits per heavy atom. The molecule has 3 aliphatic rings. The fourth-order valence-electron chi connectivity index (χ4n) is 5.39. The Bertz CT molecular complexity index is 1080. The number of likely N-dealkylation sites (tertiary alicyclic amines) is 1. The number of H-pyrrole nitrogens is 1. The normalized spacial score (nSPS) is 24.6. The summed E-state index contributed by atoms with van der Waals surface area (Å²) in [6.07, 6.45) is 7.66. The molecule has 4 heterocycles. The second-order valence-electron chi connectivity index (χ2n) is 9.65. The summed E-state index contributed by atoms with van der Waals surface area (Å²) in [6.45, 7) is 7.79. The lowest BCUT2D eigenvalue weighted by molar-refractivity contribution is 0.0251. The van der Waals surface area contributed by atoms with Gasteiger partial charge in [0.15, 0.2) is 5.82 Å². The van der Waals surface area contributed by atoms with E-state index in [1.54, 1.807) is 18.4 Å². The van der Waals surface area contributed by atoms with Crippen molar-refractivity contribution in [2.75, 3.05) is 31.6 Å². The molecular weight excluding hydrogens is 433 g/mol. The smallest absolute Gasteiger partial charge is 0.213 e. The van der Waals surface area contributed by atoms with Gasteiger partial charge in [0.25, 0.3) is 0 Å². The molecule has 34 heavy (non-hydrogen) atoms. The number of rotatable bonds is 5. The van der Waals surface area contributed by atoms with Crippen LogP contribution in [0.3, 0.4) is 0 Å². The Labute approximate surface area is 199 Å². The number of aromatic nitrogens is 2. The summed E-state index contributed by atoms with van der Waals surface area (Å²) in [6, 6.07) is 6.03. The Kier molecular flexibility index (Phi) is 6.42. The maximum absolute atomic E-state index is 15.5. The van der Waals surface area contributed by atoms with Gasteiger partial charge in [-0.25, -0.2) is 9.38 Å². The average Bonchev–Trinajstić information content (AvgIpc) is 3.25. The number of aromatic amines is 1. The van der Waals surface area contributed by atoms with Crippen LogP contribution in [0.15, 0.2) is 35.1 Å². The van der Waals surface area contributed by atoms with Crippen LogP contribution in [-0.2, 0) is 10.5 Å². The number of nitrogens with one attached hydrogen (secondary N) is 3. The molecule has 5 N–H and O–H groups in total. The molecule has 0 amide bonds. The highest BCUT2D eigenvalue weighted by molar-refractivity contribution is 5.75. The molecule has 182 valence electrons. The molecule has 1 unspecified atom stereocenters. The quantitative estimate of drug-likeness (QED) is 0.538. The predicted octanol–water partition coefficient (Wildman–Crippen LogP) is 3.22. The number of nitrogens with two attached hydrogens (primary N) is 1. The molecule has 0 saturated carbocycles. The molecule has 3 aliphatic heterocycles. The summed E-state index contributed by atoms with van der Waals surface area (Å²) >= 11 is 0. The fraction of sp³-hybridized carbons (Fsp3) is 0.520. The summed E-state index contributed by atoms with van der Waals surface area (Å²) in [4.78, 5) is 6.97. The van der Waals surface area contributed by atoms with Crippen molar-refractivity contribution >= 4 is 12.0 Å². The number of halogens is 1. The standard InChI is InChI=1S/C25H34FN7O/c1-16-13-21(25(27)28-8-3-23(30-25)29-24-14-17(2)31-32-24)22(26)15-20(16)18-4-9-33(10-5-18)19-6-11-34-12-7-19/h3,8,13-15,18-19,30H,4-7,9-12,27H2,1-2H3,(H2,29,31,32). The maximum atomic E-state index is 15.5.